The Hall–Kier alpha value is -1.75. The molecule has 1 amide bonds. The second-order valence-corrected chi connectivity index (χ2v) is 5.07. The minimum atomic E-state index is -0.729. The van der Waals surface area contributed by atoms with Gasteiger partial charge in [-0.2, -0.15) is 0 Å². The molecule has 0 aliphatic carbocycles. The fourth-order valence-electron chi connectivity index (χ4n) is 1.24. The van der Waals surface area contributed by atoms with E-state index in [9.17, 15) is 14.7 Å². The van der Waals surface area contributed by atoms with Crippen LogP contribution in [0.5, 0.6) is 5.75 Å². The molecular weight excluding hydrogens is 258 g/mol. The lowest BCUT2D eigenvalue weighted by Crippen LogP contribution is -2.27. The van der Waals surface area contributed by atoms with E-state index in [2.05, 4.69) is 5.32 Å². The summed E-state index contributed by atoms with van der Waals surface area (Å²) >= 11 is 5.73. The monoisotopic (exact) mass is 271 g/mol. The van der Waals surface area contributed by atoms with Crippen molar-refractivity contribution < 1.29 is 19.4 Å². The molecule has 0 unspecified atom stereocenters. The molecule has 0 aliphatic rings. The molecule has 18 heavy (non-hydrogen) atoms. The van der Waals surface area contributed by atoms with Gasteiger partial charge in [0.15, 0.2) is 6.29 Å². The standard InChI is InChI=1S/C12H14ClNO4/c1-12(2,3)18-11(17)14-9-4-7(13)5-10(16)8(9)6-15/h4-6,16H,1-3H3,(H,14,17). The van der Waals surface area contributed by atoms with E-state index in [1.54, 1.807) is 20.8 Å². The molecule has 1 aromatic carbocycles. The number of phenols is 1. The molecule has 0 spiro atoms. The van der Waals surface area contributed by atoms with Crippen molar-refractivity contribution in [1.82, 2.24) is 0 Å². The van der Waals surface area contributed by atoms with Crippen LogP contribution >= 0.6 is 11.6 Å². The molecule has 2 N–H and O–H groups in total. The van der Waals surface area contributed by atoms with Gasteiger partial charge in [0.05, 0.1) is 11.3 Å². The maximum absolute atomic E-state index is 11.5. The maximum atomic E-state index is 11.5. The first kappa shape index (κ1) is 14.3. The number of halogens is 1. The molecule has 0 fully saturated rings. The molecule has 0 heterocycles. The van der Waals surface area contributed by atoms with E-state index in [-0.39, 0.29) is 22.0 Å². The number of aldehydes is 1. The SMILES string of the molecule is CC(C)(C)OC(=O)Nc1cc(Cl)cc(O)c1C=O. The molecule has 6 heteroatoms. The highest BCUT2D eigenvalue weighted by Crippen LogP contribution is 2.29. The van der Waals surface area contributed by atoms with Crippen LogP contribution in [-0.2, 0) is 4.74 Å². The highest BCUT2D eigenvalue weighted by Gasteiger charge is 2.18. The zero-order valence-electron chi connectivity index (χ0n) is 10.3. The predicted octanol–water partition coefficient (Wildman–Crippen LogP) is 3.21. The Kier molecular flexibility index (Phi) is 4.19. The summed E-state index contributed by atoms with van der Waals surface area (Å²) in [7, 11) is 0. The summed E-state index contributed by atoms with van der Waals surface area (Å²) in [5, 5.41) is 12.1. The third-order valence-electron chi connectivity index (χ3n) is 1.88. The highest BCUT2D eigenvalue weighted by molar-refractivity contribution is 6.31. The van der Waals surface area contributed by atoms with Crippen LogP contribution in [0.4, 0.5) is 10.5 Å². The largest absolute Gasteiger partial charge is 0.507 e. The molecule has 0 aromatic heterocycles. The summed E-state index contributed by atoms with van der Waals surface area (Å²) in [6, 6.07) is 2.57. The number of carbonyl (C=O) groups is 2. The Morgan fingerprint density at radius 3 is 2.56 bits per heavy atom. The van der Waals surface area contributed by atoms with Crippen molar-refractivity contribution in [3.05, 3.63) is 22.7 Å². The van der Waals surface area contributed by atoms with Gasteiger partial charge in [0.2, 0.25) is 0 Å². The third-order valence-corrected chi connectivity index (χ3v) is 2.09. The van der Waals surface area contributed by atoms with Gasteiger partial charge in [-0.15, -0.1) is 0 Å². The van der Waals surface area contributed by atoms with Crippen molar-refractivity contribution in [2.24, 2.45) is 0 Å². The van der Waals surface area contributed by atoms with E-state index in [4.69, 9.17) is 16.3 Å². The van der Waals surface area contributed by atoms with Crippen LogP contribution in [0.25, 0.3) is 0 Å². The van der Waals surface area contributed by atoms with Crippen LogP contribution in [0, 0.1) is 0 Å². The molecule has 98 valence electrons. The average molecular weight is 272 g/mol. The zero-order chi connectivity index (χ0) is 13.9. The van der Waals surface area contributed by atoms with Gasteiger partial charge in [0.25, 0.3) is 0 Å². The summed E-state index contributed by atoms with van der Waals surface area (Å²) in [6.45, 7) is 5.13. The lowest BCUT2D eigenvalue weighted by atomic mass is 10.1. The molecular formula is C12H14ClNO4. The number of hydrogen-bond acceptors (Lipinski definition) is 4. The van der Waals surface area contributed by atoms with E-state index in [1.807, 2.05) is 0 Å². The Morgan fingerprint density at radius 1 is 1.44 bits per heavy atom. The Bertz CT molecular complexity index is 480. The summed E-state index contributed by atoms with van der Waals surface area (Å²) in [5.41, 5.74) is -0.610. The molecule has 1 aromatic rings. The Morgan fingerprint density at radius 2 is 2.06 bits per heavy atom. The van der Waals surface area contributed by atoms with E-state index in [0.717, 1.165) is 0 Å². The fraction of sp³-hybridized carbons (Fsp3) is 0.333. The second kappa shape index (κ2) is 5.27. The number of benzene rings is 1. The van der Waals surface area contributed by atoms with E-state index in [0.29, 0.717) is 6.29 Å². The number of anilines is 1. The minimum absolute atomic E-state index is 0.0507. The summed E-state index contributed by atoms with van der Waals surface area (Å²) in [6.07, 6.45) is -0.300. The first-order chi connectivity index (χ1) is 8.23. The van der Waals surface area contributed by atoms with Gasteiger partial charge in [0.1, 0.15) is 11.4 Å². The second-order valence-electron chi connectivity index (χ2n) is 4.63. The fourth-order valence-corrected chi connectivity index (χ4v) is 1.46. The molecule has 0 bridgehead atoms. The Labute approximate surface area is 110 Å². The van der Waals surface area contributed by atoms with Crippen molar-refractivity contribution in [2.75, 3.05) is 5.32 Å². The van der Waals surface area contributed by atoms with Crippen molar-refractivity contribution in [3.63, 3.8) is 0 Å². The quantitative estimate of drug-likeness (QED) is 0.810. The number of nitrogens with one attached hydrogen (secondary N) is 1. The van der Waals surface area contributed by atoms with Crippen LogP contribution in [0.1, 0.15) is 31.1 Å². The predicted molar refractivity (Wildman–Crippen MR) is 68.4 cm³/mol. The van der Waals surface area contributed by atoms with Gasteiger partial charge < -0.3 is 9.84 Å². The molecule has 0 aliphatic heterocycles. The van der Waals surface area contributed by atoms with Gasteiger partial charge in [-0.25, -0.2) is 4.79 Å². The van der Waals surface area contributed by atoms with Crippen molar-refractivity contribution >= 4 is 29.7 Å². The van der Waals surface area contributed by atoms with Crippen LogP contribution in [0.2, 0.25) is 5.02 Å². The third kappa shape index (κ3) is 3.92. The van der Waals surface area contributed by atoms with Crippen LogP contribution < -0.4 is 5.32 Å². The molecule has 0 saturated heterocycles. The first-order valence-electron chi connectivity index (χ1n) is 5.20. The molecule has 0 radical (unpaired) electrons. The summed E-state index contributed by atoms with van der Waals surface area (Å²) < 4.78 is 5.03. The van der Waals surface area contributed by atoms with Crippen molar-refractivity contribution in [3.8, 4) is 5.75 Å². The average Bonchev–Trinajstić information content (AvgIpc) is 2.13. The van der Waals surface area contributed by atoms with Crippen molar-refractivity contribution in [1.29, 1.82) is 0 Å². The minimum Gasteiger partial charge on any atom is -0.507 e. The van der Waals surface area contributed by atoms with Gasteiger partial charge in [0, 0.05) is 5.02 Å². The number of phenolic OH excluding ortho intramolecular Hbond substituents is 1. The number of ether oxygens (including phenoxy) is 1. The van der Waals surface area contributed by atoms with E-state index in [1.165, 1.54) is 12.1 Å². The maximum Gasteiger partial charge on any atom is 0.412 e. The van der Waals surface area contributed by atoms with Crippen molar-refractivity contribution in [2.45, 2.75) is 26.4 Å². The highest BCUT2D eigenvalue weighted by atomic mass is 35.5. The molecule has 5 nitrogen and oxygen atoms in total. The number of carbonyl (C=O) groups excluding carboxylic acids is 2. The van der Waals surface area contributed by atoms with Gasteiger partial charge in [-0.1, -0.05) is 11.6 Å². The normalized spacial score (nSPS) is 10.9. The molecule has 0 atom stereocenters. The lowest BCUT2D eigenvalue weighted by molar-refractivity contribution is 0.0636. The number of amides is 1. The molecule has 1 rings (SSSR count). The smallest absolute Gasteiger partial charge is 0.412 e. The number of hydrogen-bond donors (Lipinski definition) is 2. The lowest BCUT2D eigenvalue weighted by Gasteiger charge is -2.20. The van der Waals surface area contributed by atoms with Gasteiger partial charge >= 0.3 is 6.09 Å². The topological polar surface area (TPSA) is 75.6 Å². The van der Waals surface area contributed by atoms with Crippen LogP contribution in [-0.4, -0.2) is 23.1 Å². The van der Waals surface area contributed by atoms with Gasteiger partial charge in [-0.05, 0) is 32.9 Å². The first-order valence-corrected chi connectivity index (χ1v) is 5.58. The van der Waals surface area contributed by atoms with Crippen LogP contribution in [0.15, 0.2) is 12.1 Å². The summed E-state index contributed by atoms with van der Waals surface area (Å²) in [5.74, 6) is -0.302. The summed E-state index contributed by atoms with van der Waals surface area (Å²) in [4.78, 5) is 22.4. The van der Waals surface area contributed by atoms with Gasteiger partial charge in [-0.3, -0.25) is 10.1 Å². The zero-order valence-corrected chi connectivity index (χ0v) is 11.0. The number of rotatable bonds is 2. The molecule has 0 saturated carbocycles. The Balaban J connectivity index is 2.97. The van der Waals surface area contributed by atoms with E-state index >= 15 is 0 Å². The number of aromatic hydroxyl groups is 1. The van der Waals surface area contributed by atoms with Crippen LogP contribution in [0.3, 0.4) is 0 Å². The van der Waals surface area contributed by atoms with E-state index < -0.39 is 11.7 Å².